The molecule has 1 aromatic rings. The first-order valence-electron chi connectivity index (χ1n) is 15.4. The second-order valence-electron chi connectivity index (χ2n) is 12.4. The van der Waals surface area contributed by atoms with E-state index >= 15 is 0 Å². The number of hydrogen-bond donors (Lipinski definition) is 2. The zero-order valence-electron chi connectivity index (χ0n) is 23.6. The van der Waals surface area contributed by atoms with Crippen LogP contribution in [-0.2, 0) is 10.4 Å². The van der Waals surface area contributed by atoms with E-state index in [1.54, 1.807) is 0 Å². The maximum absolute atomic E-state index is 13.3. The Morgan fingerprint density at radius 3 is 2.33 bits per heavy atom. The molecule has 0 spiro atoms. The zero-order chi connectivity index (χ0) is 27.2. The average Bonchev–Trinajstić information content (AvgIpc) is 3.62. The lowest BCUT2D eigenvalue weighted by atomic mass is 9.83. The van der Waals surface area contributed by atoms with E-state index in [2.05, 4.69) is 16.8 Å². The molecular formula is C32H48N4O3. The van der Waals surface area contributed by atoms with Crippen LogP contribution in [0.2, 0.25) is 0 Å². The Balaban J connectivity index is 1.21. The molecular weight excluding hydrogens is 488 g/mol. The number of benzene rings is 1. The number of nitrogens with one attached hydrogen (secondary N) is 1. The highest BCUT2D eigenvalue weighted by Gasteiger charge is 2.49. The third-order valence-corrected chi connectivity index (χ3v) is 9.83. The second-order valence-corrected chi connectivity index (χ2v) is 12.4. The molecule has 2 heterocycles. The lowest BCUT2D eigenvalue weighted by Gasteiger charge is -2.41. The first-order valence-corrected chi connectivity index (χ1v) is 15.4. The van der Waals surface area contributed by atoms with Crippen molar-refractivity contribution in [2.24, 2.45) is 11.8 Å². The molecule has 4 fully saturated rings. The van der Waals surface area contributed by atoms with Gasteiger partial charge in [0.05, 0.1) is 6.54 Å². The molecule has 7 heteroatoms. The van der Waals surface area contributed by atoms with Gasteiger partial charge in [0, 0.05) is 56.6 Å². The number of aliphatic hydroxyl groups is 1. The first kappa shape index (κ1) is 28.2. The summed E-state index contributed by atoms with van der Waals surface area (Å²) in [4.78, 5) is 32.9. The average molecular weight is 537 g/mol. The van der Waals surface area contributed by atoms with Crippen LogP contribution in [-0.4, -0.2) is 83.1 Å². The topological polar surface area (TPSA) is 76.1 Å². The minimum Gasteiger partial charge on any atom is -0.383 e. The predicted molar refractivity (Wildman–Crippen MR) is 154 cm³/mol. The van der Waals surface area contributed by atoms with Crippen LogP contribution in [0.15, 0.2) is 43.0 Å². The molecule has 0 aromatic heterocycles. The molecule has 5 rings (SSSR count). The van der Waals surface area contributed by atoms with Crippen LogP contribution in [0.4, 0.5) is 4.79 Å². The third kappa shape index (κ3) is 6.51. The van der Waals surface area contributed by atoms with Gasteiger partial charge in [-0.15, -0.1) is 6.58 Å². The molecule has 7 nitrogen and oxygen atoms in total. The summed E-state index contributed by atoms with van der Waals surface area (Å²) in [5, 5.41) is 15.4. The van der Waals surface area contributed by atoms with E-state index in [1.807, 2.05) is 46.2 Å². The van der Waals surface area contributed by atoms with Gasteiger partial charge in [-0.3, -0.25) is 4.79 Å². The lowest BCUT2D eigenvalue weighted by Crippen LogP contribution is -2.53. The number of urea groups is 1. The number of β-amino-alcohol motifs (C(OH)–C–C–N with tert-alkyl or cyclic N) is 1. The van der Waals surface area contributed by atoms with Crippen molar-refractivity contribution in [3.8, 4) is 0 Å². The summed E-state index contributed by atoms with van der Waals surface area (Å²) in [6.07, 6.45) is 13.7. The van der Waals surface area contributed by atoms with E-state index in [-0.39, 0.29) is 29.8 Å². The van der Waals surface area contributed by atoms with Gasteiger partial charge < -0.3 is 25.1 Å². The quantitative estimate of drug-likeness (QED) is 0.479. The highest BCUT2D eigenvalue weighted by Crippen LogP contribution is 2.40. The van der Waals surface area contributed by atoms with Crippen molar-refractivity contribution in [1.29, 1.82) is 0 Å². The summed E-state index contributed by atoms with van der Waals surface area (Å²) in [6.45, 7) is 7.97. The van der Waals surface area contributed by atoms with Gasteiger partial charge in [0.15, 0.2) is 0 Å². The van der Waals surface area contributed by atoms with Crippen LogP contribution in [0.1, 0.15) is 76.2 Å². The minimum atomic E-state index is -1.04. The third-order valence-electron chi connectivity index (χ3n) is 9.83. The van der Waals surface area contributed by atoms with E-state index in [9.17, 15) is 14.7 Å². The van der Waals surface area contributed by atoms with E-state index in [0.717, 1.165) is 76.6 Å². The Hall–Kier alpha value is -2.38. The molecule has 1 aromatic carbocycles. The minimum absolute atomic E-state index is 0.0410. The number of nitrogens with zero attached hydrogens (tertiary/aromatic N) is 3. The maximum Gasteiger partial charge on any atom is 0.318 e. The number of hydrogen-bond acceptors (Lipinski definition) is 4. The van der Waals surface area contributed by atoms with Crippen molar-refractivity contribution in [2.45, 2.75) is 88.3 Å². The van der Waals surface area contributed by atoms with Crippen molar-refractivity contribution in [3.05, 3.63) is 48.6 Å². The van der Waals surface area contributed by atoms with Gasteiger partial charge in [-0.1, -0.05) is 68.5 Å². The zero-order valence-corrected chi connectivity index (χ0v) is 23.6. The van der Waals surface area contributed by atoms with E-state index in [0.29, 0.717) is 25.7 Å². The van der Waals surface area contributed by atoms with Crippen LogP contribution in [0.25, 0.3) is 0 Å². The Labute approximate surface area is 234 Å². The first-order chi connectivity index (χ1) is 19.0. The molecule has 2 saturated carbocycles. The van der Waals surface area contributed by atoms with E-state index in [4.69, 9.17) is 0 Å². The molecule has 39 heavy (non-hydrogen) atoms. The van der Waals surface area contributed by atoms with Gasteiger partial charge in [0.1, 0.15) is 5.60 Å². The fourth-order valence-electron chi connectivity index (χ4n) is 7.53. The number of carbonyl (C=O) groups is 2. The van der Waals surface area contributed by atoms with Crippen molar-refractivity contribution in [2.75, 3.05) is 39.3 Å². The Bertz CT molecular complexity index is 967. The molecule has 214 valence electrons. The molecule has 2 saturated heterocycles. The Kier molecular flexibility index (Phi) is 9.28. The number of rotatable bonds is 8. The molecule has 0 radical (unpaired) electrons. The normalized spacial score (nSPS) is 27.5. The van der Waals surface area contributed by atoms with Gasteiger partial charge >= 0.3 is 6.03 Å². The molecule has 4 aliphatic rings. The van der Waals surface area contributed by atoms with Crippen LogP contribution < -0.4 is 5.32 Å². The molecule has 2 aliphatic heterocycles. The fourth-order valence-corrected chi connectivity index (χ4v) is 7.53. The Morgan fingerprint density at radius 1 is 1.00 bits per heavy atom. The maximum atomic E-state index is 13.3. The van der Waals surface area contributed by atoms with Crippen molar-refractivity contribution in [3.63, 3.8) is 0 Å². The molecule has 3 amide bonds. The number of piperidine rings is 1. The van der Waals surface area contributed by atoms with Gasteiger partial charge in [0.2, 0.25) is 5.91 Å². The standard InChI is InChI=1S/C32H48N4O3/c1-2-19-36(31(38)33-28-15-7-4-8-16-28)29-17-20-34(21-18-29)22-27-23-35(30(37)25-11-9-10-12-25)24-32(27,39)26-13-5-3-6-14-26/h2-3,5-6,13-14,25,27-29,39H,1,4,7-12,15-24H2,(H,33,38)/t27-,32-/m0/s1. The highest BCUT2D eigenvalue weighted by atomic mass is 16.3. The summed E-state index contributed by atoms with van der Waals surface area (Å²) >= 11 is 0. The highest BCUT2D eigenvalue weighted by molar-refractivity contribution is 5.79. The number of carbonyl (C=O) groups excluding carboxylic acids is 2. The Morgan fingerprint density at radius 2 is 1.67 bits per heavy atom. The van der Waals surface area contributed by atoms with Gasteiger partial charge in [-0.05, 0) is 44.1 Å². The summed E-state index contributed by atoms with van der Waals surface area (Å²) in [5.41, 5.74) is -0.135. The summed E-state index contributed by atoms with van der Waals surface area (Å²) < 4.78 is 0. The largest absolute Gasteiger partial charge is 0.383 e. The van der Waals surface area contributed by atoms with Crippen molar-refractivity contribution in [1.82, 2.24) is 20.0 Å². The smallest absolute Gasteiger partial charge is 0.318 e. The predicted octanol–water partition coefficient (Wildman–Crippen LogP) is 4.52. The van der Waals surface area contributed by atoms with Gasteiger partial charge in [-0.25, -0.2) is 4.79 Å². The summed E-state index contributed by atoms with van der Waals surface area (Å²) in [5.74, 6) is 0.308. The van der Waals surface area contributed by atoms with E-state index < -0.39 is 5.60 Å². The lowest BCUT2D eigenvalue weighted by molar-refractivity contribution is -0.135. The second kappa shape index (κ2) is 12.9. The molecule has 2 N–H and O–H groups in total. The number of likely N-dealkylation sites (tertiary alicyclic amines) is 2. The SMILES string of the molecule is C=CCN(C(=O)NC1CCCCC1)C1CCN(C[C@H]2CN(C(=O)C3CCCC3)C[C@]2(O)c2ccccc2)CC1. The molecule has 0 bridgehead atoms. The van der Waals surface area contributed by atoms with Gasteiger partial charge in [0.25, 0.3) is 0 Å². The van der Waals surface area contributed by atoms with Crippen molar-refractivity contribution < 1.29 is 14.7 Å². The van der Waals surface area contributed by atoms with Crippen LogP contribution in [0.3, 0.4) is 0 Å². The van der Waals surface area contributed by atoms with Crippen LogP contribution in [0, 0.1) is 11.8 Å². The van der Waals surface area contributed by atoms with Crippen LogP contribution >= 0.6 is 0 Å². The summed E-state index contributed by atoms with van der Waals surface area (Å²) in [6, 6.07) is 10.5. The number of amides is 3. The molecule has 0 unspecified atom stereocenters. The monoisotopic (exact) mass is 536 g/mol. The molecule has 2 atom stereocenters. The van der Waals surface area contributed by atoms with Crippen LogP contribution in [0.5, 0.6) is 0 Å². The van der Waals surface area contributed by atoms with Crippen molar-refractivity contribution >= 4 is 11.9 Å². The molecule has 2 aliphatic carbocycles. The van der Waals surface area contributed by atoms with Gasteiger partial charge in [-0.2, -0.15) is 0 Å². The van der Waals surface area contributed by atoms with E-state index in [1.165, 1.54) is 19.3 Å². The fraction of sp³-hybridized carbons (Fsp3) is 0.688. The summed E-state index contributed by atoms with van der Waals surface area (Å²) in [7, 11) is 0.